The van der Waals surface area contributed by atoms with E-state index in [0.29, 0.717) is 24.7 Å². The van der Waals surface area contributed by atoms with E-state index in [2.05, 4.69) is 15.5 Å². The average Bonchev–Trinajstić information content (AvgIpc) is 2.97. The molecule has 1 N–H and O–H groups in total. The van der Waals surface area contributed by atoms with E-state index >= 15 is 0 Å². The van der Waals surface area contributed by atoms with Gasteiger partial charge in [-0.15, -0.1) is 12.4 Å². The summed E-state index contributed by atoms with van der Waals surface area (Å²) in [5.41, 5.74) is 1.61. The minimum absolute atomic E-state index is 0. The Bertz CT molecular complexity index is 576. The van der Waals surface area contributed by atoms with E-state index in [0.717, 1.165) is 10.4 Å². The highest BCUT2D eigenvalue weighted by Crippen LogP contribution is 2.17. The Balaban J connectivity index is 0.00000242. The molecule has 5 nitrogen and oxygen atoms in total. The predicted octanol–water partition coefficient (Wildman–Crippen LogP) is 2.93. The largest absolute Gasteiger partial charge is 0.408 e. The number of halogens is 4. The van der Waals surface area contributed by atoms with Crippen molar-refractivity contribution in [3.8, 4) is 0 Å². The molecule has 0 aliphatic carbocycles. The molecule has 0 radical (unpaired) electrons. The highest BCUT2D eigenvalue weighted by molar-refractivity contribution is 5.85. The highest BCUT2D eigenvalue weighted by Gasteiger charge is 2.28. The lowest BCUT2D eigenvalue weighted by molar-refractivity contribution is -0.142. The molecule has 0 unspecified atom stereocenters. The van der Waals surface area contributed by atoms with Gasteiger partial charge in [-0.1, -0.05) is 0 Å². The van der Waals surface area contributed by atoms with Crippen molar-refractivity contribution in [3.05, 3.63) is 35.9 Å². The first-order valence-electron chi connectivity index (χ1n) is 6.66. The summed E-state index contributed by atoms with van der Waals surface area (Å²) in [6, 6.07) is 2.22. The third-order valence-corrected chi connectivity index (χ3v) is 2.86. The minimum atomic E-state index is -4.25. The van der Waals surface area contributed by atoms with Gasteiger partial charge in [-0.2, -0.15) is 23.4 Å². The second-order valence-electron chi connectivity index (χ2n) is 5.15. The van der Waals surface area contributed by atoms with Gasteiger partial charge in [0.25, 0.3) is 0 Å². The molecule has 0 aliphatic rings. The van der Waals surface area contributed by atoms with E-state index in [1.165, 1.54) is 12.4 Å². The molecule has 2 rings (SSSR count). The fourth-order valence-electron chi connectivity index (χ4n) is 1.86. The fraction of sp³-hybridized carbons (Fsp3) is 0.538. The first-order valence-corrected chi connectivity index (χ1v) is 6.66. The van der Waals surface area contributed by atoms with Gasteiger partial charge in [0.2, 0.25) is 0 Å². The summed E-state index contributed by atoms with van der Waals surface area (Å²) < 4.78 is 39.4. The number of nitrogens with one attached hydrogen (secondary N) is 1. The lowest BCUT2D eigenvalue weighted by Crippen LogP contribution is -2.18. The average molecular weight is 338 g/mol. The Morgan fingerprint density at radius 3 is 2.59 bits per heavy atom. The Labute approximate surface area is 132 Å². The predicted molar refractivity (Wildman–Crippen MR) is 78.7 cm³/mol. The lowest BCUT2D eigenvalue weighted by atomic mass is 10.3. The zero-order valence-electron chi connectivity index (χ0n) is 12.3. The summed E-state index contributed by atoms with van der Waals surface area (Å²) in [5.74, 6) is 0. The zero-order chi connectivity index (χ0) is 15.5. The van der Waals surface area contributed by atoms with Crippen LogP contribution in [0.3, 0.4) is 0 Å². The summed E-state index contributed by atoms with van der Waals surface area (Å²) in [6.07, 6.45) is 0.488. The molecular formula is C13H19ClF3N5. The second-order valence-corrected chi connectivity index (χ2v) is 5.15. The van der Waals surface area contributed by atoms with Crippen molar-refractivity contribution in [1.29, 1.82) is 0 Å². The molecule has 0 aliphatic heterocycles. The van der Waals surface area contributed by atoms with Gasteiger partial charge in [0.15, 0.2) is 0 Å². The standard InChI is InChI=1S/C13H18F3N5.ClH/c1-10(2)21-4-3-12(19-21)7-17-5-11-6-18-20(8-11)9-13(14,15)16;/h3-4,6,8,10,17H,5,7,9H2,1-2H3;1H. The van der Waals surface area contributed by atoms with Gasteiger partial charge in [0.1, 0.15) is 6.54 Å². The molecule has 2 heterocycles. The topological polar surface area (TPSA) is 47.7 Å². The van der Waals surface area contributed by atoms with Crippen LogP contribution in [0, 0.1) is 0 Å². The third-order valence-electron chi connectivity index (χ3n) is 2.86. The minimum Gasteiger partial charge on any atom is -0.307 e. The van der Waals surface area contributed by atoms with Crippen molar-refractivity contribution in [2.75, 3.05) is 0 Å². The van der Waals surface area contributed by atoms with Crippen molar-refractivity contribution in [1.82, 2.24) is 24.9 Å². The summed E-state index contributed by atoms with van der Waals surface area (Å²) in [4.78, 5) is 0. The number of aromatic nitrogens is 4. The molecule has 124 valence electrons. The smallest absolute Gasteiger partial charge is 0.307 e. The molecule has 0 aromatic carbocycles. The summed E-state index contributed by atoms with van der Waals surface area (Å²) in [5, 5.41) is 11.2. The van der Waals surface area contributed by atoms with Crippen molar-refractivity contribution in [2.45, 2.75) is 45.7 Å². The quantitative estimate of drug-likeness (QED) is 0.881. The van der Waals surface area contributed by atoms with Gasteiger partial charge in [-0.05, 0) is 19.9 Å². The van der Waals surface area contributed by atoms with Crippen LogP contribution in [0.4, 0.5) is 13.2 Å². The van der Waals surface area contributed by atoms with Crippen LogP contribution in [0.2, 0.25) is 0 Å². The van der Waals surface area contributed by atoms with Crippen molar-refractivity contribution in [3.63, 3.8) is 0 Å². The number of alkyl halides is 3. The fourth-order valence-corrected chi connectivity index (χ4v) is 1.86. The number of rotatable bonds is 6. The Hall–Kier alpha value is -1.54. The van der Waals surface area contributed by atoms with E-state index in [1.54, 1.807) is 0 Å². The van der Waals surface area contributed by atoms with Crippen LogP contribution in [-0.2, 0) is 19.6 Å². The van der Waals surface area contributed by atoms with Crippen molar-refractivity contribution < 1.29 is 13.2 Å². The molecule has 0 atom stereocenters. The van der Waals surface area contributed by atoms with E-state index in [4.69, 9.17) is 0 Å². The first kappa shape index (κ1) is 18.5. The maximum absolute atomic E-state index is 12.2. The lowest BCUT2D eigenvalue weighted by Gasteiger charge is -2.05. The molecular weight excluding hydrogens is 319 g/mol. The molecule has 0 fully saturated rings. The van der Waals surface area contributed by atoms with Crippen LogP contribution in [0.1, 0.15) is 31.1 Å². The van der Waals surface area contributed by atoms with Gasteiger partial charge in [0.05, 0.1) is 11.9 Å². The number of hydrogen-bond acceptors (Lipinski definition) is 3. The first-order chi connectivity index (χ1) is 9.83. The molecule has 9 heteroatoms. The maximum Gasteiger partial charge on any atom is 0.408 e. The van der Waals surface area contributed by atoms with Crippen LogP contribution < -0.4 is 5.32 Å². The molecule has 0 amide bonds. The Kier molecular flexibility index (Phi) is 6.43. The maximum atomic E-state index is 12.2. The van der Waals surface area contributed by atoms with Crippen molar-refractivity contribution >= 4 is 12.4 Å². The van der Waals surface area contributed by atoms with Crippen LogP contribution >= 0.6 is 12.4 Å². The normalized spacial score (nSPS) is 11.7. The molecule has 2 aromatic heterocycles. The molecule has 0 saturated carbocycles. The van der Waals surface area contributed by atoms with Gasteiger partial charge in [-0.3, -0.25) is 9.36 Å². The number of nitrogens with zero attached hydrogens (tertiary/aromatic N) is 4. The second kappa shape index (κ2) is 7.64. The summed E-state index contributed by atoms with van der Waals surface area (Å²) in [6.45, 7) is 4.03. The molecule has 22 heavy (non-hydrogen) atoms. The molecule has 0 bridgehead atoms. The van der Waals surface area contributed by atoms with E-state index in [1.807, 2.05) is 30.8 Å². The third kappa shape index (κ3) is 5.69. The zero-order valence-corrected chi connectivity index (χ0v) is 13.2. The van der Waals surface area contributed by atoms with E-state index in [-0.39, 0.29) is 12.4 Å². The van der Waals surface area contributed by atoms with Crippen molar-refractivity contribution in [2.24, 2.45) is 0 Å². The SMILES string of the molecule is CC(C)n1ccc(CNCc2cnn(CC(F)(F)F)c2)n1.Cl. The Morgan fingerprint density at radius 1 is 1.27 bits per heavy atom. The molecule has 2 aromatic rings. The number of hydrogen-bond donors (Lipinski definition) is 1. The van der Waals surface area contributed by atoms with E-state index in [9.17, 15) is 13.2 Å². The Morgan fingerprint density at radius 2 is 2.00 bits per heavy atom. The highest BCUT2D eigenvalue weighted by atomic mass is 35.5. The van der Waals surface area contributed by atoms with Gasteiger partial charge >= 0.3 is 6.18 Å². The van der Waals surface area contributed by atoms with Gasteiger partial charge in [-0.25, -0.2) is 0 Å². The van der Waals surface area contributed by atoms with Crippen LogP contribution in [0.15, 0.2) is 24.7 Å². The monoisotopic (exact) mass is 337 g/mol. The molecule has 0 saturated heterocycles. The van der Waals surface area contributed by atoms with Crippen LogP contribution in [0.5, 0.6) is 0 Å². The van der Waals surface area contributed by atoms with Crippen LogP contribution in [-0.4, -0.2) is 25.7 Å². The van der Waals surface area contributed by atoms with Crippen LogP contribution in [0.25, 0.3) is 0 Å². The van der Waals surface area contributed by atoms with E-state index < -0.39 is 12.7 Å². The van der Waals surface area contributed by atoms with Gasteiger partial charge < -0.3 is 5.32 Å². The van der Waals surface area contributed by atoms with Gasteiger partial charge in [0, 0.05) is 37.1 Å². The summed E-state index contributed by atoms with van der Waals surface area (Å²) in [7, 11) is 0. The summed E-state index contributed by atoms with van der Waals surface area (Å²) >= 11 is 0. The molecule has 0 spiro atoms.